The van der Waals surface area contributed by atoms with Crippen LogP contribution >= 0.6 is 0 Å². The molecule has 86 valence electrons. The lowest BCUT2D eigenvalue weighted by Gasteiger charge is -2.02. The second kappa shape index (κ2) is 3.69. The van der Waals surface area contributed by atoms with Gasteiger partial charge in [0, 0.05) is 5.92 Å². The number of rotatable bonds is 2. The van der Waals surface area contributed by atoms with Gasteiger partial charge in [0.15, 0.2) is 5.82 Å². The minimum Gasteiger partial charge on any atom is -0.382 e. The lowest BCUT2D eigenvalue weighted by atomic mass is 10.1. The summed E-state index contributed by atoms with van der Waals surface area (Å²) in [5, 5.41) is 7.82. The molecule has 0 aliphatic heterocycles. The van der Waals surface area contributed by atoms with Crippen LogP contribution in [0.25, 0.3) is 0 Å². The third kappa shape index (κ3) is 1.80. The minimum atomic E-state index is 0.128. The summed E-state index contributed by atoms with van der Waals surface area (Å²) in [6.07, 6.45) is 1.05. The van der Waals surface area contributed by atoms with E-state index in [1.165, 1.54) is 5.56 Å². The van der Waals surface area contributed by atoms with Crippen LogP contribution in [-0.2, 0) is 0 Å². The molecule has 0 bridgehead atoms. The van der Waals surface area contributed by atoms with E-state index in [0.717, 1.165) is 12.1 Å². The molecule has 5 nitrogen and oxygen atoms in total. The van der Waals surface area contributed by atoms with Gasteiger partial charge in [-0.1, -0.05) is 30.3 Å². The van der Waals surface area contributed by atoms with Crippen molar-refractivity contribution < 1.29 is 0 Å². The van der Waals surface area contributed by atoms with Crippen molar-refractivity contribution in [3.63, 3.8) is 0 Å². The van der Waals surface area contributed by atoms with Crippen molar-refractivity contribution in [1.29, 1.82) is 0 Å². The van der Waals surface area contributed by atoms with E-state index in [2.05, 4.69) is 27.3 Å². The number of benzene rings is 1. The van der Waals surface area contributed by atoms with E-state index in [1.807, 2.05) is 18.2 Å². The standard InChI is InChI=1S/C12H13N5/c13-11-10(16-17-12(14)15-11)9-6-8(9)7-4-2-1-3-5-7/h1-5,8-9H,6H2,(H4,13,14,15,17). The van der Waals surface area contributed by atoms with Gasteiger partial charge in [0.2, 0.25) is 5.95 Å². The molecule has 2 atom stereocenters. The van der Waals surface area contributed by atoms with E-state index in [0.29, 0.717) is 17.7 Å². The highest BCUT2D eigenvalue weighted by atomic mass is 15.2. The van der Waals surface area contributed by atoms with Gasteiger partial charge in [-0.05, 0) is 17.9 Å². The Morgan fingerprint density at radius 3 is 2.47 bits per heavy atom. The fraction of sp³-hybridized carbons (Fsp3) is 0.250. The SMILES string of the molecule is Nc1nnc(C2CC2c2ccccc2)c(N)n1. The molecule has 0 saturated heterocycles. The van der Waals surface area contributed by atoms with Crippen molar-refractivity contribution in [1.82, 2.24) is 15.2 Å². The fourth-order valence-corrected chi connectivity index (χ4v) is 2.19. The highest BCUT2D eigenvalue weighted by Gasteiger charge is 2.42. The molecule has 3 rings (SSSR count). The summed E-state index contributed by atoms with van der Waals surface area (Å²) in [4.78, 5) is 3.94. The van der Waals surface area contributed by atoms with Crippen LogP contribution in [0.15, 0.2) is 30.3 Å². The summed E-state index contributed by atoms with van der Waals surface area (Å²) in [6.45, 7) is 0. The second-order valence-corrected chi connectivity index (χ2v) is 4.30. The highest BCUT2D eigenvalue weighted by molar-refractivity contribution is 5.45. The van der Waals surface area contributed by atoms with Crippen LogP contribution in [0.2, 0.25) is 0 Å². The van der Waals surface area contributed by atoms with Crippen LogP contribution in [0, 0.1) is 0 Å². The molecule has 4 N–H and O–H groups in total. The third-order valence-electron chi connectivity index (χ3n) is 3.13. The smallest absolute Gasteiger partial charge is 0.242 e. The Hall–Kier alpha value is -2.17. The zero-order chi connectivity index (χ0) is 11.8. The molecule has 1 aliphatic rings. The lowest BCUT2D eigenvalue weighted by Crippen LogP contribution is -2.06. The Balaban J connectivity index is 1.85. The van der Waals surface area contributed by atoms with Crippen molar-refractivity contribution in [3.8, 4) is 0 Å². The number of nitrogen functional groups attached to an aromatic ring is 2. The molecule has 5 heteroatoms. The van der Waals surface area contributed by atoms with Crippen LogP contribution in [0.1, 0.15) is 29.5 Å². The van der Waals surface area contributed by atoms with Gasteiger partial charge < -0.3 is 11.5 Å². The van der Waals surface area contributed by atoms with Gasteiger partial charge in [-0.3, -0.25) is 0 Å². The molecular formula is C12H13N5. The zero-order valence-corrected chi connectivity index (χ0v) is 9.24. The number of hydrogen-bond donors (Lipinski definition) is 2. The minimum absolute atomic E-state index is 0.128. The quantitative estimate of drug-likeness (QED) is 0.807. The van der Waals surface area contributed by atoms with Crippen LogP contribution in [0.5, 0.6) is 0 Å². The Kier molecular flexibility index (Phi) is 2.18. The number of hydrogen-bond acceptors (Lipinski definition) is 5. The number of nitrogens with two attached hydrogens (primary N) is 2. The van der Waals surface area contributed by atoms with Crippen LogP contribution in [0.4, 0.5) is 11.8 Å². The Bertz CT molecular complexity index is 540. The second-order valence-electron chi connectivity index (χ2n) is 4.30. The van der Waals surface area contributed by atoms with Crippen molar-refractivity contribution in [2.75, 3.05) is 11.5 Å². The molecule has 0 radical (unpaired) electrons. The third-order valence-corrected chi connectivity index (χ3v) is 3.13. The van der Waals surface area contributed by atoms with Crippen LogP contribution in [-0.4, -0.2) is 15.2 Å². The summed E-state index contributed by atoms with van der Waals surface area (Å²) in [5.74, 6) is 1.35. The van der Waals surface area contributed by atoms with E-state index < -0.39 is 0 Å². The first-order valence-corrected chi connectivity index (χ1v) is 5.56. The van der Waals surface area contributed by atoms with Gasteiger partial charge in [0.25, 0.3) is 0 Å². The predicted molar refractivity (Wildman–Crippen MR) is 65.2 cm³/mol. The zero-order valence-electron chi connectivity index (χ0n) is 9.24. The molecule has 0 amide bonds. The number of aromatic nitrogens is 3. The van der Waals surface area contributed by atoms with Crippen molar-refractivity contribution in [2.24, 2.45) is 0 Å². The normalized spacial score (nSPS) is 22.4. The molecule has 1 saturated carbocycles. The van der Waals surface area contributed by atoms with E-state index >= 15 is 0 Å². The monoisotopic (exact) mass is 227 g/mol. The molecule has 1 aromatic carbocycles. The maximum Gasteiger partial charge on any atom is 0.242 e. The Morgan fingerprint density at radius 1 is 1.00 bits per heavy atom. The predicted octanol–water partition coefficient (Wildman–Crippen LogP) is 1.31. The molecule has 0 spiro atoms. The summed E-state index contributed by atoms with van der Waals surface area (Å²) >= 11 is 0. The van der Waals surface area contributed by atoms with Gasteiger partial charge in [-0.25, -0.2) is 0 Å². The fourth-order valence-electron chi connectivity index (χ4n) is 2.19. The van der Waals surface area contributed by atoms with Crippen molar-refractivity contribution in [2.45, 2.75) is 18.3 Å². The molecular weight excluding hydrogens is 214 g/mol. The summed E-state index contributed by atoms with van der Waals surface area (Å²) < 4.78 is 0. The van der Waals surface area contributed by atoms with E-state index in [4.69, 9.17) is 11.5 Å². The van der Waals surface area contributed by atoms with E-state index in [-0.39, 0.29) is 5.95 Å². The molecule has 1 aliphatic carbocycles. The number of anilines is 2. The number of nitrogens with zero attached hydrogens (tertiary/aromatic N) is 3. The first-order chi connectivity index (χ1) is 8.25. The highest BCUT2D eigenvalue weighted by Crippen LogP contribution is 2.54. The summed E-state index contributed by atoms with van der Waals surface area (Å²) in [7, 11) is 0. The van der Waals surface area contributed by atoms with Gasteiger partial charge in [0.1, 0.15) is 5.69 Å². The largest absolute Gasteiger partial charge is 0.382 e. The first-order valence-electron chi connectivity index (χ1n) is 5.56. The summed E-state index contributed by atoms with van der Waals surface area (Å²) in [6, 6.07) is 10.3. The molecule has 1 fully saturated rings. The van der Waals surface area contributed by atoms with Crippen molar-refractivity contribution in [3.05, 3.63) is 41.6 Å². The average Bonchev–Trinajstić information content (AvgIpc) is 3.10. The van der Waals surface area contributed by atoms with Crippen molar-refractivity contribution >= 4 is 11.8 Å². The molecule has 17 heavy (non-hydrogen) atoms. The lowest BCUT2D eigenvalue weighted by molar-refractivity contribution is 0.870. The van der Waals surface area contributed by atoms with Crippen LogP contribution < -0.4 is 11.5 Å². The average molecular weight is 227 g/mol. The Morgan fingerprint density at radius 2 is 1.76 bits per heavy atom. The molecule has 1 aromatic heterocycles. The van der Waals surface area contributed by atoms with Gasteiger partial charge in [0.05, 0.1) is 0 Å². The Labute approximate surface area is 98.9 Å². The van der Waals surface area contributed by atoms with E-state index in [1.54, 1.807) is 0 Å². The van der Waals surface area contributed by atoms with E-state index in [9.17, 15) is 0 Å². The molecule has 2 unspecified atom stereocenters. The van der Waals surface area contributed by atoms with Gasteiger partial charge >= 0.3 is 0 Å². The van der Waals surface area contributed by atoms with Gasteiger partial charge in [-0.15, -0.1) is 10.2 Å². The summed E-state index contributed by atoms with van der Waals surface area (Å²) in [5.41, 5.74) is 13.3. The maximum atomic E-state index is 5.81. The van der Waals surface area contributed by atoms with Gasteiger partial charge in [-0.2, -0.15) is 4.98 Å². The molecule has 2 aromatic rings. The topological polar surface area (TPSA) is 90.7 Å². The maximum absolute atomic E-state index is 5.81. The molecule has 1 heterocycles. The van der Waals surface area contributed by atoms with Crippen LogP contribution in [0.3, 0.4) is 0 Å². The first kappa shape index (κ1) is 10.0.